The van der Waals surface area contributed by atoms with Crippen LogP contribution in [0.15, 0.2) is 18.6 Å². The van der Waals surface area contributed by atoms with Gasteiger partial charge in [-0.15, -0.1) is 0 Å². The zero-order chi connectivity index (χ0) is 13.9. The molecule has 1 aromatic rings. The Kier molecular flexibility index (Phi) is 4.11. The molecule has 0 saturated carbocycles. The molecule has 0 bridgehead atoms. The summed E-state index contributed by atoms with van der Waals surface area (Å²) in [7, 11) is -3.20. The third-order valence-electron chi connectivity index (χ3n) is 2.99. The number of sulfonamides is 1. The first-order valence-corrected chi connectivity index (χ1v) is 7.84. The molecule has 1 aliphatic rings. The van der Waals surface area contributed by atoms with E-state index in [1.54, 1.807) is 4.90 Å². The molecule has 1 saturated heterocycles. The summed E-state index contributed by atoms with van der Waals surface area (Å²) >= 11 is 0. The Balaban J connectivity index is 2.06. The lowest BCUT2D eigenvalue weighted by Crippen LogP contribution is -2.37. The van der Waals surface area contributed by atoms with Gasteiger partial charge in [0.2, 0.25) is 10.0 Å². The molecule has 0 radical (unpaired) electrons. The van der Waals surface area contributed by atoms with E-state index in [0.29, 0.717) is 32.6 Å². The average Bonchev–Trinajstić information content (AvgIpc) is 2.64. The monoisotopic (exact) mass is 284 g/mol. The second kappa shape index (κ2) is 5.62. The lowest BCUT2D eigenvalue weighted by Gasteiger charge is -2.20. The van der Waals surface area contributed by atoms with Crippen LogP contribution in [0.4, 0.5) is 0 Å². The highest BCUT2D eigenvalue weighted by atomic mass is 32.2. The second-order valence-electron chi connectivity index (χ2n) is 4.40. The van der Waals surface area contributed by atoms with Crippen LogP contribution in [0, 0.1) is 0 Å². The summed E-state index contributed by atoms with van der Waals surface area (Å²) in [5.74, 6) is -0.205. The van der Waals surface area contributed by atoms with Gasteiger partial charge in [0.15, 0.2) is 0 Å². The molecule has 1 amide bonds. The van der Waals surface area contributed by atoms with Crippen molar-refractivity contribution in [1.29, 1.82) is 0 Å². The number of hydrogen-bond donors (Lipinski definition) is 0. The smallest absolute Gasteiger partial charge is 0.274 e. The molecule has 8 heteroatoms. The minimum absolute atomic E-state index is 0.205. The Labute approximate surface area is 112 Å². The summed E-state index contributed by atoms with van der Waals surface area (Å²) in [6.07, 6.45) is 6.20. The quantitative estimate of drug-likeness (QED) is 0.737. The van der Waals surface area contributed by atoms with E-state index in [2.05, 4.69) is 9.97 Å². The number of nitrogens with zero attached hydrogens (tertiary/aromatic N) is 4. The molecular formula is C11H16N4O3S. The molecule has 0 atom stereocenters. The van der Waals surface area contributed by atoms with Gasteiger partial charge in [-0.2, -0.15) is 0 Å². The van der Waals surface area contributed by atoms with Gasteiger partial charge >= 0.3 is 0 Å². The predicted octanol–water partition coefficient (Wildman–Crippen LogP) is -0.416. The van der Waals surface area contributed by atoms with Gasteiger partial charge in [-0.1, -0.05) is 0 Å². The molecule has 1 aromatic heterocycles. The number of amides is 1. The van der Waals surface area contributed by atoms with Gasteiger partial charge in [0.05, 0.1) is 12.5 Å². The SMILES string of the molecule is CS(=O)(=O)N1CCCN(C(=O)c2cnccn2)CC1. The van der Waals surface area contributed by atoms with E-state index in [9.17, 15) is 13.2 Å². The third kappa shape index (κ3) is 3.48. The number of hydrogen-bond acceptors (Lipinski definition) is 5. The van der Waals surface area contributed by atoms with E-state index in [4.69, 9.17) is 0 Å². The van der Waals surface area contributed by atoms with Crippen molar-refractivity contribution < 1.29 is 13.2 Å². The van der Waals surface area contributed by atoms with E-state index in [-0.39, 0.29) is 11.6 Å². The maximum absolute atomic E-state index is 12.2. The summed E-state index contributed by atoms with van der Waals surface area (Å²) in [4.78, 5) is 21.6. The Hall–Kier alpha value is -1.54. The van der Waals surface area contributed by atoms with Crippen LogP contribution in [-0.2, 0) is 10.0 Å². The van der Waals surface area contributed by atoms with Crippen LogP contribution in [0.1, 0.15) is 16.9 Å². The fourth-order valence-corrected chi connectivity index (χ4v) is 2.87. The van der Waals surface area contributed by atoms with Crippen molar-refractivity contribution in [2.24, 2.45) is 0 Å². The lowest BCUT2D eigenvalue weighted by atomic mass is 10.3. The first kappa shape index (κ1) is 13.9. The van der Waals surface area contributed by atoms with Crippen LogP contribution >= 0.6 is 0 Å². The Morgan fingerprint density at radius 1 is 1.21 bits per heavy atom. The molecule has 19 heavy (non-hydrogen) atoms. The van der Waals surface area contributed by atoms with E-state index < -0.39 is 10.0 Å². The first-order valence-electron chi connectivity index (χ1n) is 5.99. The first-order chi connectivity index (χ1) is 8.98. The van der Waals surface area contributed by atoms with Crippen LogP contribution in [0.25, 0.3) is 0 Å². The van der Waals surface area contributed by atoms with E-state index in [0.717, 1.165) is 0 Å². The Morgan fingerprint density at radius 3 is 2.63 bits per heavy atom. The van der Waals surface area contributed by atoms with Crippen LogP contribution in [-0.4, -0.2) is 65.9 Å². The molecule has 0 spiro atoms. The maximum atomic E-state index is 12.2. The molecule has 0 N–H and O–H groups in total. The molecule has 0 unspecified atom stereocenters. The maximum Gasteiger partial charge on any atom is 0.274 e. The summed E-state index contributed by atoms with van der Waals surface area (Å²) in [5, 5.41) is 0. The minimum Gasteiger partial charge on any atom is -0.336 e. The van der Waals surface area contributed by atoms with Crippen molar-refractivity contribution in [3.8, 4) is 0 Å². The van der Waals surface area contributed by atoms with Gasteiger partial charge in [-0.3, -0.25) is 9.78 Å². The molecule has 2 heterocycles. The van der Waals surface area contributed by atoms with Crippen molar-refractivity contribution in [1.82, 2.24) is 19.2 Å². The average molecular weight is 284 g/mol. The molecule has 0 aromatic carbocycles. The largest absolute Gasteiger partial charge is 0.336 e. The fourth-order valence-electron chi connectivity index (χ4n) is 2.00. The van der Waals surface area contributed by atoms with Gasteiger partial charge < -0.3 is 4.90 Å². The Morgan fingerprint density at radius 2 is 2.00 bits per heavy atom. The van der Waals surface area contributed by atoms with E-state index in [1.807, 2.05) is 0 Å². The van der Waals surface area contributed by atoms with Crippen molar-refractivity contribution in [2.75, 3.05) is 32.4 Å². The summed E-state index contributed by atoms with van der Waals surface area (Å²) in [6, 6.07) is 0. The highest BCUT2D eigenvalue weighted by Gasteiger charge is 2.24. The molecule has 2 rings (SSSR count). The van der Waals surface area contributed by atoms with Gasteiger partial charge in [0, 0.05) is 38.6 Å². The van der Waals surface area contributed by atoms with Crippen molar-refractivity contribution in [3.63, 3.8) is 0 Å². The Bertz CT molecular complexity index is 546. The zero-order valence-electron chi connectivity index (χ0n) is 10.7. The van der Waals surface area contributed by atoms with Crippen LogP contribution in [0.2, 0.25) is 0 Å². The molecule has 1 fully saturated rings. The molecular weight excluding hydrogens is 268 g/mol. The van der Waals surface area contributed by atoms with Crippen LogP contribution < -0.4 is 0 Å². The van der Waals surface area contributed by atoms with Crippen molar-refractivity contribution in [3.05, 3.63) is 24.3 Å². The summed E-state index contributed by atoms with van der Waals surface area (Å²) in [5.41, 5.74) is 0.287. The third-order valence-corrected chi connectivity index (χ3v) is 4.30. The zero-order valence-corrected chi connectivity index (χ0v) is 11.5. The van der Waals surface area contributed by atoms with E-state index >= 15 is 0 Å². The van der Waals surface area contributed by atoms with E-state index in [1.165, 1.54) is 29.2 Å². The molecule has 7 nitrogen and oxygen atoms in total. The normalized spacial score (nSPS) is 18.1. The fraction of sp³-hybridized carbons (Fsp3) is 0.545. The second-order valence-corrected chi connectivity index (χ2v) is 6.38. The number of rotatable bonds is 2. The van der Waals surface area contributed by atoms with Crippen molar-refractivity contribution >= 4 is 15.9 Å². The standard InChI is InChI=1S/C11H16N4O3S/c1-19(17,18)15-6-2-5-14(7-8-15)11(16)10-9-12-3-4-13-10/h3-4,9H,2,5-8H2,1H3. The predicted molar refractivity (Wildman–Crippen MR) is 69.0 cm³/mol. The number of carbonyl (C=O) groups excluding carboxylic acids is 1. The van der Waals surface area contributed by atoms with Gasteiger partial charge in [-0.05, 0) is 6.42 Å². The van der Waals surface area contributed by atoms with Crippen molar-refractivity contribution in [2.45, 2.75) is 6.42 Å². The molecule has 0 aliphatic carbocycles. The highest BCUT2D eigenvalue weighted by Crippen LogP contribution is 2.09. The van der Waals surface area contributed by atoms with Crippen LogP contribution in [0.3, 0.4) is 0 Å². The highest BCUT2D eigenvalue weighted by molar-refractivity contribution is 7.88. The minimum atomic E-state index is -3.20. The number of carbonyl (C=O) groups is 1. The van der Waals surface area contributed by atoms with Gasteiger partial charge in [0.1, 0.15) is 5.69 Å². The summed E-state index contributed by atoms with van der Waals surface area (Å²) < 4.78 is 24.4. The lowest BCUT2D eigenvalue weighted by molar-refractivity contribution is 0.0758. The van der Waals surface area contributed by atoms with Gasteiger partial charge in [0.25, 0.3) is 5.91 Å². The molecule has 1 aliphatic heterocycles. The topological polar surface area (TPSA) is 83.5 Å². The number of aromatic nitrogens is 2. The van der Waals surface area contributed by atoms with Gasteiger partial charge in [-0.25, -0.2) is 17.7 Å². The molecule has 104 valence electrons. The van der Waals surface area contributed by atoms with Crippen LogP contribution in [0.5, 0.6) is 0 Å². The summed E-state index contributed by atoms with van der Waals surface area (Å²) in [6.45, 7) is 1.68.